The van der Waals surface area contributed by atoms with Crippen molar-refractivity contribution in [1.82, 2.24) is 4.67 Å². The van der Waals surface area contributed by atoms with E-state index < -0.39 is 8.53 Å². The van der Waals surface area contributed by atoms with E-state index in [2.05, 4.69) is 32.4 Å². The largest absolute Gasteiger partial charge is 0.396 e. The molecule has 0 radical (unpaired) electrons. The summed E-state index contributed by atoms with van der Waals surface area (Å²) in [7, 11) is 0.657. The van der Waals surface area contributed by atoms with Crippen molar-refractivity contribution in [2.45, 2.75) is 46.7 Å². The lowest BCUT2D eigenvalue weighted by Crippen LogP contribution is -2.33. The first kappa shape index (κ1) is 16.3. The molecule has 2 atom stereocenters. The second-order valence-corrected chi connectivity index (χ2v) is 6.13. The molecule has 0 fully saturated rings. The fourth-order valence-corrected chi connectivity index (χ4v) is 2.99. The lowest BCUT2D eigenvalue weighted by Gasteiger charge is -2.35. The summed E-state index contributed by atoms with van der Waals surface area (Å²) in [5.41, 5.74) is 0. The molecule has 0 bridgehead atoms. The molecule has 0 amide bonds. The van der Waals surface area contributed by atoms with Gasteiger partial charge in [0.25, 0.3) is 8.53 Å². The van der Waals surface area contributed by atoms with Gasteiger partial charge in [0.2, 0.25) is 0 Å². The van der Waals surface area contributed by atoms with E-state index in [0.29, 0.717) is 18.7 Å². The Hall–Kier alpha value is 0.270. The Kier molecular flexibility index (Phi) is 8.52. The SMILES string of the molecule is COP(OCC(C)CO)N(C(C)C)C(C)C. The molecule has 1 N–H and O–H groups in total. The van der Waals surface area contributed by atoms with Crippen molar-refractivity contribution in [3.8, 4) is 0 Å². The van der Waals surface area contributed by atoms with Gasteiger partial charge in [0.1, 0.15) is 0 Å². The summed E-state index contributed by atoms with van der Waals surface area (Å²) in [6.45, 7) is 11.2. The van der Waals surface area contributed by atoms with Crippen LogP contribution in [-0.2, 0) is 9.05 Å². The van der Waals surface area contributed by atoms with Gasteiger partial charge in [-0.1, -0.05) is 6.92 Å². The standard InChI is InChI=1S/C11H26NO3P/c1-9(2)12(10(3)4)16(14-6)15-8-11(5)7-13/h9-11,13H,7-8H2,1-6H3. The van der Waals surface area contributed by atoms with Crippen molar-refractivity contribution in [3.63, 3.8) is 0 Å². The van der Waals surface area contributed by atoms with Crippen molar-refractivity contribution in [2.75, 3.05) is 20.3 Å². The molecule has 0 aromatic carbocycles. The van der Waals surface area contributed by atoms with Gasteiger partial charge in [-0.05, 0) is 27.7 Å². The van der Waals surface area contributed by atoms with Crippen molar-refractivity contribution in [1.29, 1.82) is 0 Å². The highest BCUT2D eigenvalue weighted by Crippen LogP contribution is 2.45. The molecule has 4 nitrogen and oxygen atoms in total. The second kappa shape index (κ2) is 8.37. The van der Waals surface area contributed by atoms with Crippen LogP contribution in [0.25, 0.3) is 0 Å². The monoisotopic (exact) mass is 251 g/mol. The predicted molar refractivity (Wildman–Crippen MR) is 68.2 cm³/mol. The molecular formula is C11H26NO3P. The zero-order valence-electron chi connectivity index (χ0n) is 11.3. The van der Waals surface area contributed by atoms with Gasteiger partial charge in [-0.25, -0.2) is 4.67 Å². The quantitative estimate of drug-likeness (QED) is 0.673. The topological polar surface area (TPSA) is 41.9 Å². The summed E-state index contributed by atoms with van der Waals surface area (Å²) < 4.78 is 13.4. The van der Waals surface area contributed by atoms with Gasteiger partial charge in [0, 0.05) is 31.7 Å². The van der Waals surface area contributed by atoms with Gasteiger partial charge in [0.15, 0.2) is 0 Å². The summed E-state index contributed by atoms with van der Waals surface area (Å²) in [4.78, 5) is 0. The maximum absolute atomic E-state index is 8.95. The number of aliphatic hydroxyl groups is 1. The molecule has 98 valence electrons. The average Bonchev–Trinajstić information content (AvgIpc) is 2.21. The van der Waals surface area contributed by atoms with Crippen LogP contribution in [-0.4, -0.2) is 42.2 Å². The number of aliphatic hydroxyl groups excluding tert-OH is 1. The van der Waals surface area contributed by atoms with Crippen LogP contribution in [0.1, 0.15) is 34.6 Å². The van der Waals surface area contributed by atoms with Crippen LogP contribution in [0.15, 0.2) is 0 Å². The molecule has 0 rings (SSSR count). The third-order valence-corrected chi connectivity index (χ3v) is 4.17. The Morgan fingerprint density at radius 3 is 1.94 bits per heavy atom. The van der Waals surface area contributed by atoms with Crippen LogP contribution >= 0.6 is 8.53 Å². The molecule has 0 aliphatic rings. The highest BCUT2D eigenvalue weighted by molar-refractivity contribution is 7.44. The minimum atomic E-state index is -1.02. The summed E-state index contributed by atoms with van der Waals surface area (Å²) >= 11 is 0. The van der Waals surface area contributed by atoms with E-state index in [1.165, 1.54) is 0 Å². The van der Waals surface area contributed by atoms with Crippen LogP contribution in [0, 0.1) is 5.92 Å². The lowest BCUT2D eigenvalue weighted by molar-refractivity contribution is 0.144. The fraction of sp³-hybridized carbons (Fsp3) is 1.00. The smallest absolute Gasteiger partial charge is 0.258 e. The molecule has 0 saturated heterocycles. The van der Waals surface area contributed by atoms with Gasteiger partial charge >= 0.3 is 0 Å². The minimum Gasteiger partial charge on any atom is -0.396 e. The Morgan fingerprint density at radius 2 is 1.62 bits per heavy atom. The Labute approximate surface area is 101 Å². The Morgan fingerprint density at radius 1 is 1.12 bits per heavy atom. The van der Waals surface area contributed by atoms with E-state index in [4.69, 9.17) is 14.2 Å². The maximum atomic E-state index is 8.95. The Bertz CT molecular complexity index is 171. The van der Waals surface area contributed by atoms with E-state index >= 15 is 0 Å². The van der Waals surface area contributed by atoms with Crippen LogP contribution in [0.3, 0.4) is 0 Å². The highest BCUT2D eigenvalue weighted by atomic mass is 31.2. The molecule has 2 unspecified atom stereocenters. The predicted octanol–water partition coefficient (Wildman–Crippen LogP) is 2.62. The van der Waals surface area contributed by atoms with Crippen LogP contribution < -0.4 is 0 Å². The van der Waals surface area contributed by atoms with Gasteiger partial charge in [-0.2, -0.15) is 0 Å². The fourth-order valence-electron chi connectivity index (χ4n) is 1.43. The molecule has 0 aromatic heterocycles. The molecule has 0 aliphatic heterocycles. The van der Waals surface area contributed by atoms with Gasteiger partial charge < -0.3 is 14.2 Å². The highest BCUT2D eigenvalue weighted by Gasteiger charge is 2.26. The summed E-state index contributed by atoms with van der Waals surface area (Å²) in [6, 6.07) is 0.769. The minimum absolute atomic E-state index is 0.149. The van der Waals surface area contributed by atoms with Crippen molar-refractivity contribution >= 4 is 8.53 Å². The summed E-state index contributed by atoms with van der Waals surface area (Å²) in [5, 5.41) is 8.95. The molecular weight excluding hydrogens is 225 g/mol. The number of hydrogen-bond donors (Lipinski definition) is 1. The molecule has 5 heteroatoms. The normalized spacial score (nSPS) is 16.1. The van der Waals surface area contributed by atoms with Crippen LogP contribution in [0.4, 0.5) is 0 Å². The molecule has 0 spiro atoms. The van der Waals surface area contributed by atoms with Crippen molar-refractivity contribution in [2.24, 2.45) is 5.92 Å². The van der Waals surface area contributed by atoms with Gasteiger partial charge in [-0.15, -0.1) is 0 Å². The third kappa shape index (κ3) is 5.55. The Balaban J connectivity index is 4.32. The van der Waals surface area contributed by atoms with Crippen LogP contribution in [0.2, 0.25) is 0 Å². The summed E-state index contributed by atoms with van der Waals surface area (Å²) in [5.74, 6) is 0.154. The maximum Gasteiger partial charge on any atom is 0.258 e. The van der Waals surface area contributed by atoms with Gasteiger partial charge in [0.05, 0.1) is 6.61 Å². The van der Waals surface area contributed by atoms with Crippen molar-refractivity contribution < 1.29 is 14.2 Å². The summed E-state index contributed by atoms with van der Waals surface area (Å²) in [6.07, 6.45) is 0. The first-order valence-electron chi connectivity index (χ1n) is 5.80. The first-order valence-corrected chi connectivity index (χ1v) is 6.93. The van der Waals surface area contributed by atoms with E-state index in [9.17, 15) is 0 Å². The lowest BCUT2D eigenvalue weighted by atomic mass is 10.2. The zero-order valence-corrected chi connectivity index (χ0v) is 12.2. The van der Waals surface area contributed by atoms with Crippen LogP contribution in [0.5, 0.6) is 0 Å². The van der Waals surface area contributed by atoms with Gasteiger partial charge in [-0.3, -0.25) is 0 Å². The average molecular weight is 251 g/mol. The zero-order chi connectivity index (χ0) is 12.7. The number of rotatable bonds is 8. The molecule has 0 heterocycles. The van der Waals surface area contributed by atoms with E-state index in [-0.39, 0.29) is 12.5 Å². The first-order chi connectivity index (χ1) is 7.43. The molecule has 0 aliphatic carbocycles. The molecule has 0 aromatic rings. The van der Waals surface area contributed by atoms with Crippen molar-refractivity contribution in [3.05, 3.63) is 0 Å². The third-order valence-electron chi connectivity index (χ3n) is 2.18. The van der Waals surface area contributed by atoms with E-state index in [1.807, 2.05) is 6.92 Å². The number of nitrogens with zero attached hydrogens (tertiary/aromatic N) is 1. The molecule has 0 saturated carbocycles. The van der Waals surface area contributed by atoms with E-state index in [1.54, 1.807) is 7.11 Å². The molecule has 16 heavy (non-hydrogen) atoms. The van der Waals surface area contributed by atoms with E-state index in [0.717, 1.165) is 0 Å². The number of hydrogen-bond acceptors (Lipinski definition) is 4. The second-order valence-electron chi connectivity index (χ2n) is 4.57.